The van der Waals surface area contributed by atoms with Crippen molar-refractivity contribution in [1.82, 2.24) is 5.32 Å². The number of hydrogen-bond donors (Lipinski definition) is 1. The highest BCUT2D eigenvalue weighted by Gasteiger charge is 2.29. The summed E-state index contributed by atoms with van der Waals surface area (Å²) in [5.41, 5.74) is 0.345. The molecule has 1 rings (SSSR count). The van der Waals surface area contributed by atoms with Gasteiger partial charge in [-0.25, -0.2) is 0 Å². The Hall–Kier alpha value is -0.760. The first-order valence-corrected chi connectivity index (χ1v) is 7.37. The van der Waals surface area contributed by atoms with E-state index in [0.29, 0.717) is 11.5 Å². The molecule has 2 nitrogen and oxygen atoms in total. The lowest BCUT2D eigenvalue weighted by atomic mass is 9.76. The van der Waals surface area contributed by atoms with Gasteiger partial charge in [0, 0.05) is 19.0 Å². The van der Waals surface area contributed by atoms with Crippen LogP contribution in [0.15, 0.2) is 22.8 Å². The lowest BCUT2D eigenvalue weighted by Crippen LogP contribution is -2.38. The fraction of sp³-hybridized carbons (Fsp3) is 0.750. The van der Waals surface area contributed by atoms with Crippen molar-refractivity contribution < 1.29 is 4.42 Å². The van der Waals surface area contributed by atoms with Gasteiger partial charge in [-0.3, -0.25) is 0 Å². The van der Waals surface area contributed by atoms with Gasteiger partial charge in [-0.05, 0) is 30.4 Å². The molecule has 104 valence electrons. The molecule has 0 bridgehead atoms. The summed E-state index contributed by atoms with van der Waals surface area (Å²) in [6.07, 6.45) is 7.88. The highest BCUT2D eigenvalue weighted by atomic mass is 16.3. The molecule has 0 spiro atoms. The Kier molecular flexibility index (Phi) is 6.48. The first-order chi connectivity index (χ1) is 8.62. The molecule has 0 aliphatic heterocycles. The Morgan fingerprint density at radius 1 is 1.33 bits per heavy atom. The molecular formula is C16H29NO. The summed E-state index contributed by atoms with van der Waals surface area (Å²) in [5, 5.41) is 3.62. The topological polar surface area (TPSA) is 25.2 Å². The van der Waals surface area contributed by atoms with Crippen LogP contribution in [0.3, 0.4) is 0 Å². The van der Waals surface area contributed by atoms with Crippen LogP contribution in [0.25, 0.3) is 0 Å². The summed E-state index contributed by atoms with van der Waals surface area (Å²) in [5.74, 6) is 1.12. The van der Waals surface area contributed by atoms with Crippen LogP contribution in [0.5, 0.6) is 0 Å². The van der Waals surface area contributed by atoms with Crippen LogP contribution < -0.4 is 5.32 Å². The number of unbranched alkanes of at least 4 members (excludes halogenated alkanes) is 1. The van der Waals surface area contributed by atoms with Gasteiger partial charge in [0.1, 0.15) is 5.76 Å². The molecule has 18 heavy (non-hydrogen) atoms. The van der Waals surface area contributed by atoms with Gasteiger partial charge < -0.3 is 9.73 Å². The first kappa shape index (κ1) is 15.3. The second-order valence-electron chi connectivity index (χ2n) is 5.75. The lowest BCUT2D eigenvalue weighted by Gasteiger charge is -2.33. The van der Waals surface area contributed by atoms with Gasteiger partial charge in [-0.2, -0.15) is 0 Å². The normalized spacial score (nSPS) is 14.9. The fourth-order valence-corrected chi connectivity index (χ4v) is 2.42. The predicted octanol–water partition coefficient (Wildman–Crippen LogP) is 4.41. The zero-order valence-corrected chi connectivity index (χ0v) is 12.5. The van der Waals surface area contributed by atoms with Gasteiger partial charge in [0.05, 0.1) is 6.26 Å². The van der Waals surface area contributed by atoms with Crippen LogP contribution in [0.1, 0.15) is 59.1 Å². The van der Waals surface area contributed by atoms with E-state index in [4.69, 9.17) is 4.42 Å². The molecular weight excluding hydrogens is 222 g/mol. The Morgan fingerprint density at radius 2 is 2.11 bits per heavy atom. The van der Waals surface area contributed by atoms with Crippen molar-refractivity contribution in [3.05, 3.63) is 24.2 Å². The zero-order valence-electron chi connectivity index (χ0n) is 12.5. The minimum atomic E-state index is 0.345. The van der Waals surface area contributed by atoms with Crippen LogP contribution in [-0.4, -0.2) is 12.6 Å². The quantitative estimate of drug-likeness (QED) is 0.703. The summed E-state index contributed by atoms with van der Waals surface area (Å²) in [6, 6.07) is 4.64. The van der Waals surface area contributed by atoms with Gasteiger partial charge in [0.2, 0.25) is 0 Å². The van der Waals surface area contributed by atoms with Crippen molar-refractivity contribution in [2.75, 3.05) is 6.54 Å². The van der Waals surface area contributed by atoms with E-state index >= 15 is 0 Å². The summed E-state index contributed by atoms with van der Waals surface area (Å²) >= 11 is 0. The second kappa shape index (κ2) is 7.63. The van der Waals surface area contributed by atoms with Gasteiger partial charge in [-0.1, -0.05) is 40.5 Å². The summed E-state index contributed by atoms with van der Waals surface area (Å²) in [4.78, 5) is 0. The first-order valence-electron chi connectivity index (χ1n) is 7.37. The highest BCUT2D eigenvalue weighted by molar-refractivity contribution is 5.03. The van der Waals surface area contributed by atoms with Gasteiger partial charge in [-0.15, -0.1) is 0 Å². The number of nitrogens with one attached hydrogen (secondary N) is 1. The molecule has 0 aliphatic carbocycles. The third kappa shape index (κ3) is 4.85. The molecule has 1 unspecified atom stereocenters. The molecule has 1 aromatic heterocycles. The van der Waals surface area contributed by atoms with E-state index in [9.17, 15) is 0 Å². The van der Waals surface area contributed by atoms with E-state index in [0.717, 1.165) is 18.7 Å². The standard InChI is InChI=1S/C16H29NO/c1-5-7-10-16(6-2,13-17-14(3)4)12-15-9-8-11-18-15/h8-9,11,14,17H,5-7,10,12-13H2,1-4H3. The van der Waals surface area contributed by atoms with Crippen molar-refractivity contribution in [3.63, 3.8) is 0 Å². The molecule has 1 atom stereocenters. The molecule has 2 heteroatoms. The van der Waals surface area contributed by atoms with Gasteiger partial charge >= 0.3 is 0 Å². The van der Waals surface area contributed by atoms with Crippen LogP contribution >= 0.6 is 0 Å². The molecule has 0 saturated carbocycles. The average molecular weight is 251 g/mol. The largest absolute Gasteiger partial charge is 0.469 e. The highest BCUT2D eigenvalue weighted by Crippen LogP contribution is 2.32. The minimum absolute atomic E-state index is 0.345. The minimum Gasteiger partial charge on any atom is -0.469 e. The van der Waals surface area contributed by atoms with E-state index in [2.05, 4.69) is 39.1 Å². The number of rotatable bonds is 9. The molecule has 0 saturated heterocycles. The van der Waals surface area contributed by atoms with Crippen molar-refractivity contribution in [2.45, 2.75) is 65.8 Å². The van der Waals surface area contributed by atoms with Crippen LogP contribution in [-0.2, 0) is 6.42 Å². The van der Waals surface area contributed by atoms with Gasteiger partial charge in [0.25, 0.3) is 0 Å². The SMILES string of the molecule is CCCCC(CC)(CNC(C)C)Cc1ccco1. The molecule has 1 heterocycles. The van der Waals surface area contributed by atoms with E-state index < -0.39 is 0 Å². The molecule has 0 aromatic carbocycles. The molecule has 0 fully saturated rings. The van der Waals surface area contributed by atoms with Crippen molar-refractivity contribution in [3.8, 4) is 0 Å². The van der Waals surface area contributed by atoms with Crippen LogP contribution in [0, 0.1) is 5.41 Å². The third-order valence-electron chi connectivity index (χ3n) is 3.83. The lowest BCUT2D eigenvalue weighted by molar-refractivity contribution is 0.209. The van der Waals surface area contributed by atoms with E-state index in [1.165, 1.54) is 25.7 Å². The molecule has 1 aromatic rings. The van der Waals surface area contributed by atoms with E-state index in [-0.39, 0.29) is 0 Å². The summed E-state index contributed by atoms with van der Waals surface area (Å²) in [7, 11) is 0. The molecule has 0 aliphatic rings. The Bertz CT molecular complexity index is 305. The summed E-state index contributed by atoms with van der Waals surface area (Å²) in [6.45, 7) is 10.1. The van der Waals surface area contributed by atoms with Crippen LogP contribution in [0.2, 0.25) is 0 Å². The monoisotopic (exact) mass is 251 g/mol. The predicted molar refractivity (Wildman–Crippen MR) is 77.8 cm³/mol. The van der Waals surface area contributed by atoms with E-state index in [1.807, 2.05) is 6.07 Å². The molecule has 1 N–H and O–H groups in total. The van der Waals surface area contributed by atoms with E-state index in [1.54, 1.807) is 6.26 Å². The summed E-state index contributed by atoms with van der Waals surface area (Å²) < 4.78 is 5.55. The van der Waals surface area contributed by atoms with Crippen LogP contribution in [0.4, 0.5) is 0 Å². The third-order valence-corrected chi connectivity index (χ3v) is 3.83. The Morgan fingerprint density at radius 3 is 2.61 bits per heavy atom. The van der Waals surface area contributed by atoms with Crippen molar-refractivity contribution in [1.29, 1.82) is 0 Å². The van der Waals surface area contributed by atoms with Crippen molar-refractivity contribution >= 4 is 0 Å². The number of furan rings is 1. The fourth-order valence-electron chi connectivity index (χ4n) is 2.42. The second-order valence-corrected chi connectivity index (χ2v) is 5.75. The maximum absolute atomic E-state index is 5.55. The maximum atomic E-state index is 5.55. The smallest absolute Gasteiger partial charge is 0.104 e. The molecule has 0 amide bonds. The van der Waals surface area contributed by atoms with Gasteiger partial charge in [0.15, 0.2) is 0 Å². The Balaban J connectivity index is 2.69. The number of hydrogen-bond acceptors (Lipinski definition) is 2. The zero-order chi connectivity index (χ0) is 13.4. The average Bonchev–Trinajstić information content (AvgIpc) is 2.85. The van der Waals surface area contributed by atoms with Crippen molar-refractivity contribution in [2.24, 2.45) is 5.41 Å². The maximum Gasteiger partial charge on any atom is 0.104 e. The molecule has 0 radical (unpaired) electrons. The Labute approximate surface area is 112 Å².